The molecule has 4 nitrogen and oxygen atoms in total. The largest absolute Gasteiger partial charge is 0.467 e. The summed E-state index contributed by atoms with van der Waals surface area (Å²) in [5.41, 5.74) is 3.14. The van der Waals surface area contributed by atoms with Crippen molar-refractivity contribution in [2.45, 2.75) is 13.0 Å². The highest BCUT2D eigenvalue weighted by Crippen LogP contribution is 2.27. The topological polar surface area (TPSA) is 43.0 Å². The first-order chi connectivity index (χ1) is 9.74. The van der Waals surface area contributed by atoms with E-state index in [9.17, 15) is 0 Å². The second-order valence-electron chi connectivity index (χ2n) is 4.81. The molecule has 4 heteroatoms. The lowest BCUT2D eigenvalue weighted by molar-refractivity contribution is 0.499. The quantitative estimate of drug-likeness (QED) is 0.786. The van der Waals surface area contributed by atoms with Crippen LogP contribution in [0.3, 0.4) is 0 Å². The summed E-state index contributed by atoms with van der Waals surface area (Å²) in [6.07, 6.45) is 3.68. The molecular weight excluding hydrogens is 250 g/mol. The molecule has 102 valence electrons. The van der Waals surface area contributed by atoms with Crippen LogP contribution < -0.4 is 5.32 Å². The number of rotatable bonds is 4. The highest BCUT2D eigenvalue weighted by Gasteiger charge is 2.18. The van der Waals surface area contributed by atoms with Gasteiger partial charge in [0, 0.05) is 13.2 Å². The molecule has 0 saturated heterocycles. The number of furan rings is 1. The maximum Gasteiger partial charge on any atom is 0.130 e. The number of nitrogens with one attached hydrogen (secondary N) is 1. The average Bonchev–Trinajstić information content (AvgIpc) is 3.07. The summed E-state index contributed by atoms with van der Waals surface area (Å²) in [6, 6.07) is 14.1. The van der Waals surface area contributed by atoms with E-state index in [0.29, 0.717) is 0 Å². The fraction of sp³-hybridized carbons (Fsp3) is 0.188. The Kier molecular flexibility index (Phi) is 3.29. The van der Waals surface area contributed by atoms with Crippen LogP contribution in [0.25, 0.3) is 0 Å². The van der Waals surface area contributed by atoms with Gasteiger partial charge >= 0.3 is 0 Å². The van der Waals surface area contributed by atoms with Crippen LogP contribution in [0.4, 0.5) is 5.69 Å². The van der Waals surface area contributed by atoms with E-state index in [0.717, 1.165) is 22.7 Å². The molecule has 0 radical (unpaired) electrons. The van der Waals surface area contributed by atoms with Crippen molar-refractivity contribution in [2.75, 3.05) is 5.32 Å². The van der Waals surface area contributed by atoms with Crippen LogP contribution in [-0.2, 0) is 7.05 Å². The van der Waals surface area contributed by atoms with Crippen LogP contribution in [0.2, 0.25) is 0 Å². The smallest absolute Gasteiger partial charge is 0.130 e. The van der Waals surface area contributed by atoms with Crippen molar-refractivity contribution in [1.82, 2.24) is 9.78 Å². The third-order valence-electron chi connectivity index (χ3n) is 3.27. The molecule has 1 aromatic carbocycles. The third-order valence-corrected chi connectivity index (χ3v) is 3.27. The summed E-state index contributed by atoms with van der Waals surface area (Å²) < 4.78 is 7.39. The van der Waals surface area contributed by atoms with Gasteiger partial charge in [-0.3, -0.25) is 4.68 Å². The van der Waals surface area contributed by atoms with Gasteiger partial charge in [0.05, 0.1) is 17.6 Å². The molecule has 20 heavy (non-hydrogen) atoms. The first-order valence-electron chi connectivity index (χ1n) is 6.59. The molecule has 0 aliphatic carbocycles. The van der Waals surface area contributed by atoms with Gasteiger partial charge in [0.1, 0.15) is 11.8 Å². The SMILES string of the molecule is Cc1nn(C)cc1NC(c1ccccc1)c1ccco1. The van der Waals surface area contributed by atoms with E-state index < -0.39 is 0 Å². The highest BCUT2D eigenvalue weighted by atomic mass is 16.3. The van der Waals surface area contributed by atoms with Gasteiger partial charge in [0.15, 0.2) is 0 Å². The average molecular weight is 267 g/mol. The molecule has 0 aliphatic rings. The zero-order valence-electron chi connectivity index (χ0n) is 11.6. The lowest BCUT2D eigenvalue weighted by Gasteiger charge is -2.17. The van der Waals surface area contributed by atoms with Gasteiger partial charge < -0.3 is 9.73 Å². The molecule has 0 saturated carbocycles. The van der Waals surface area contributed by atoms with Crippen molar-refractivity contribution in [3.63, 3.8) is 0 Å². The number of anilines is 1. The first-order valence-corrected chi connectivity index (χ1v) is 6.59. The first kappa shape index (κ1) is 12.5. The molecule has 2 heterocycles. The Balaban J connectivity index is 1.97. The summed E-state index contributed by atoms with van der Waals surface area (Å²) in [6.45, 7) is 1.99. The Morgan fingerprint density at radius 2 is 1.95 bits per heavy atom. The second-order valence-corrected chi connectivity index (χ2v) is 4.81. The van der Waals surface area contributed by atoms with Crippen molar-refractivity contribution in [2.24, 2.45) is 7.05 Å². The van der Waals surface area contributed by atoms with Crippen LogP contribution >= 0.6 is 0 Å². The normalized spacial score (nSPS) is 12.3. The van der Waals surface area contributed by atoms with Gasteiger partial charge in [-0.05, 0) is 24.6 Å². The summed E-state index contributed by atoms with van der Waals surface area (Å²) >= 11 is 0. The minimum atomic E-state index is -0.0194. The van der Waals surface area contributed by atoms with Gasteiger partial charge in [0.25, 0.3) is 0 Å². The van der Waals surface area contributed by atoms with Gasteiger partial charge in [-0.15, -0.1) is 0 Å². The Morgan fingerprint density at radius 1 is 1.15 bits per heavy atom. The van der Waals surface area contributed by atoms with Gasteiger partial charge in [-0.2, -0.15) is 5.10 Å². The fourth-order valence-corrected chi connectivity index (χ4v) is 2.32. The van der Waals surface area contributed by atoms with Gasteiger partial charge in [-0.1, -0.05) is 30.3 Å². The zero-order chi connectivity index (χ0) is 13.9. The molecule has 0 bridgehead atoms. The Hall–Kier alpha value is -2.49. The van der Waals surface area contributed by atoms with E-state index in [1.165, 1.54) is 0 Å². The number of benzene rings is 1. The fourth-order valence-electron chi connectivity index (χ4n) is 2.32. The Labute approximate surface area is 118 Å². The van der Waals surface area contributed by atoms with Crippen LogP contribution in [0.1, 0.15) is 23.1 Å². The minimum absolute atomic E-state index is 0.0194. The number of hydrogen-bond donors (Lipinski definition) is 1. The summed E-state index contributed by atoms with van der Waals surface area (Å²) in [7, 11) is 1.92. The molecule has 1 N–H and O–H groups in total. The number of aromatic nitrogens is 2. The molecule has 0 fully saturated rings. The van der Waals surface area contributed by atoms with Crippen LogP contribution in [0, 0.1) is 6.92 Å². The lowest BCUT2D eigenvalue weighted by atomic mass is 10.0. The molecule has 2 aromatic heterocycles. The van der Waals surface area contributed by atoms with Gasteiger partial charge in [0.2, 0.25) is 0 Å². The Morgan fingerprint density at radius 3 is 2.55 bits per heavy atom. The maximum absolute atomic E-state index is 5.58. The van der Waals surface area contributed by atoms with Crippen molar-refractivity contribution in [3.05, 3.63) is 71.9 Å². The molecule has 3 aromatic rings. The zero-order valence-corrected chi connectivity index (χ0v) is 11.6. The van der Waals surface area contributed by atoms with Crippen molar-refractivity contribution < 1.29 is 4.42 Å². The van der Waals surface area contributed by atoms with Crippen molar-refractivity contribution in [3.8, 4) is 0 Å². The summed E-state index contributed by atoms with van der Waals surface area (Å²) in [4.78, 5) is 0. The molecule has 1 unspecified atom stereocenters. The highest BCUT2D eigenvalue weighted by molar-refractivity contribution is 5.50. The number of aryl methyl sites for hydroxylation is 2. The number of hydrogen-bond acceptors (Lipinski definition) is 3. The predicted octanol–water partition coefficient (Wildman–Crippen LogP) is 3.52. The van der Waals surface area contributed by atoms with Crippen molar-refractivity contribution in [1.29, 1.82) is 0 Å². The second kappa shape index (κ2) is 5.25. The maximum atomic E-state index is 5.58. The molecule has 3 rings (SSSR count). The molecule has 0 spiro atoms. The molecule has 0 amide bonds. The van der Waals surface area contributed by atoms with E-state index in [4.69, 9.17) is 4.42 Å². The lowest BCUT2D eigenvalue weighted by Crippen LogP contribution is -2.11. The minimum Gasteiger partial charge on any atom is -0.467 e. The standard InChI is InChI=1S/C16H17N3O/c1-12-14(11-19(2)18-12)17-16(15-9-6-10-20-15)13-7-4-3-5-8-13/h3-11,16-17H,1-2H3. The number of nitrogens with zero attached hydrogens (tertiary/aromatic N) is 2. The summed E-state index contributed by atoms with van der Waals surface area (Å²) in [5.74, 6) is 0.888. The third kappa shape index (κ3) is 2.45. The predicted molar refractivity (Wildman–Crippen MR) is 78.6 cm³/mol. The van der Waals surface area contributed by atoms with E-state index >= 15 is 0 Å². The molecule has 0 aliphatic heterocycles. The van der Waals surface area contributed by atoms with E-state index in [2.05, 4.69) is 22.5 Å². The van der Waals surface area contributed by atoms with Crippen LogP contribution in [0.15, 0.2) is 59.3 Å². The molecule has 1 atom stereocenters. The van der Waals surface area contributed by atoms with Crippen LogP contribution in [0.5, 0.6) is 0 Å². The van der Waals surface area contributed by atoms with E-state index in [1.54, 1.807) is 6.26 Å². The molecular formula is C16H17N3O. The Bertz CT molecular complexity index is 671. The van der Waals surface area contributed by atoms with Gasteiger partial charge in [-0.25, -0.2) is 0 Å². The summed E-state index contributed by atoms with van der Waals surface area (Å²) in [5, 5.41) is 7.87. The van der Waals surface area contributed by atoms with E-state index in [-0.39, 0.29) is 6.04 Å². The van der Waals surface area contributed by atoms with E-state index in [1.807, 2.05) is 55.2 Å². The van der Waals surface area contributed by atoms with Crippen molar-refractivity contribution >= 4 is 5.69 Å². The monoisotopic (exact) mass is 267 g/mol. The van der Waals surface area contributed by atoms with Crippen LogP contribution in [-0.4, -0.2) is 9.78 Å².